The Balaban J connectivity index is 2.79. The average molecular weight is 206 g/mol. The lowest BCUT2D eigenvalue weighted by Crippen LogP contribution is -1.78. The largest absolute Gasteiger partial charge is 0.142 e. The van der Waals surface area contributed by atoms with E-state index in [4.69, 9.17) is 0 Å². The normalized spacial score (nSPS) is 10.6. The van der Waals surface area contributed by atoms with Crippen molar-refractivity contribution in [3.63, 3.8) is 0 Å². The summed E-state index contributed by atoms with van der Waals surface area (Å²) in [5.74, 6) is 0. The summed E-state index contributed by atoms with van der Waals surface area (Å²) in [6.07, 6.45) is 2.07. The Morgan fingerprint density at radius 3 is 2.62 bits per heavy atom. The van der Waals surface area contributed by atoms with E-state index in [0.29, 0.717) is 0 Å². The van der Waals surface area contributed by atoms with Crippen LogP contribution in [-0.4, -0.2) is 6.26 Å². The molecule has 0 amide bonds. The Kier molecular flexibility index (Phi) is 2.51. The summed E-state index contributed by atoms with van der Waals surface area (Å²) in [6, 6.07) is 12.6. The fourth-order valence-corrected chi connectivity index (χ4v) is 2.46. The van der Waals surface area contributed by atoms with Gasteiger partial charge in [-0.05, 0) is 23.1 Å². The van der Waals surface area contributed by atoms with Crippen molar-refractivity contribution in [2.24, 2.45) is 0 Å². The van der Waals surface area contributed by atoms with Gasteiger partial charge >= 0.3 is 0 Å². The maximum Gasteiger partial charge on any atom is 0.0255 e. The standard InChI is InChI=1S/C11H10S2/c1-13-10-7-6-8-4-2-3-5-9(8)11(10)12/h2-7,12H,1H3. The highest BCUT2D eigenvalue weighted by molar-refractivity contribution is 7.99. The van der Waals surface area contributed by atoms with E-state index in [0.717, 1.165) is 4.90 Å². The van der Waals surface area contributed by atoms with Gasteiger partial charge in [0, 0.05) is 9.79 Å². The van der Waals surface area contributed by atoms with Crippen molar-refractivity contribution in [1.82, 2.24) is 0 Å². The quantitative estimate of drug-likeness (QED) is 0.546. The minimum atomic E-state index is 1.09. The molecule has 0 unspecified atom stereocenters. The second-order valence-electron chi connectivity index (χ2n) is 2.84. The molecule has 0 bridgehead atoms. The minimum absolute atomic E-state index is 1.09. The number of thioether (sulfide) groups is 1. The maximum absolute atomic E-state index is 4.52. The summed E-state index contributed by atoms with van der Waals surface area (Å²) in [5.41, 5.74) is 0. The zero-order valence-corrected chi connectivity index (χ0v) is 9.03. The molecule has 0 fully saturated rings. The van der Waals surface area contributed by atoms with Gasteiger partial charge in [-0.2, -0.15) is 0 Å². The maximum atomic E-state index is 4.52. The highest BCUT2D eigenvalue weighted by atomic mass is 32.2. The van der Waals surface area contributed by atoms with Crippen LogP contribution < -0.4 is 0 Å². The van der Waals surface area contributed by atoms with Gasteiger partial charge in [-0.15, -0.1) is 24.4 Å². The third-order valence-corrected chi connectivity index (χ3v) is 3.50. The van der Waals surface area contributed by atoms with Crippen molar-refractivity contribution < 1.29 is 0 Å². The van der Waals surface area contributed by atoms with Crippen molar-refractivity contribution in [3.05, 3.63) is 36.4 Å². The molecule has 0 saturated heterocycles. The second-order valence-corrected chi connectivity index (χ2v) is 4.13. The molecular weight excluding hydrogens is 196 g/mol. The fraction of sp³-hybridized carbons (Fsp3) is 0.0909. The molecule has 0 aliphatic rings. The molecule has 13 heavy (non-hydrogen) atoms. The summed E-state index contributed by atoms with van der Waals surface area (Å²) in [5, 5.41) is 2.49. The van der Waals surface area contributed by atoms with Crippen LogP contribution in [0.25, 0.3) is 10.8 Å². The molecule has 2 heteroatoms. The van der Waals surface area contributed by atoms with Crippen LogP contribution in [0.2, 0.25) is 0 Å². The third kappa shape index (κ3) is 1.56. The van der Waals surface area contributed by atoms with Crippen LogP contribution in [0.3, 0.4) is 0 Å². The van der Waals surface area contributed by atoms with Crippen LogP contribution in [0.5, 0.6) is 0 Å². The van der Waals surface area contributed by atoms with Crippen molar-refractivity contribution >= 4 is 35.2 Å². The first-order valence-electron chi connectivity index (χ1n) is 4.07. The summed E-state index contributed by atoms with van der Waals surface area (Å²) in [7, 11) is 0. The highest BCUT2D eigenvalue weighted by Gasteiger charge is 2.01. The van der Waals surface area contributed by atoms with Gasteiger partial charge < -0.3 is 0 Å². The SMILES string of the molecule is CSc1ccc2ccccc2c1S. The van der Waals surface area contributed by atoms with Crippen molar-refractivity contribution in [2.75, 3.05) is 6.26 Å². The first kappa shape index (κ1) is 8.97. The molecule has 0 nitrogen and oxygen atoms in total. The predicted octanol–water partition coefficient (Wildman–Crippen LogP) is 3.85. The average Bonchev–Trinajstić information content (AvgIpc) is 2.19. The molecule has 2 rings (SSSR count). The number of hydrogen-bond acceptors (Lipinski definition) is 2. The number of rotatable bonds is 1. The zero-order chi connectivity index (χ0) is 9.26. The Morgan fingerprint density at radius 2 is 1.85 bits per heavy atom. The molecular formula is C11H10S2. The molecule has 0 radical (unpaired) electrons. The van der Waals surface area contributed by atoms with Crippen molar-refractivity contribution in [2.45, 2.75) is 9.79 Å². The summed E-state index contributed by atoms with van der Waals surface area (Å²) in [4.78, 5) is 2.33. The van der Waals surface area contributed by atoms with Gasteiger partial charge in [0.2, 0.25) is 0 Å². The van der Waals surface area contributed by atoms with E-state index in [9.17, 15) is 0 Å². The van der Waals surface area contributed by atoms with Gasteiger partial charge in [-0.1, -0.05) is 30.3 Å². The zero-order valence-electron chi connectivity index (χ0n) is 7.32. The van der Waals surface area contributed by atoms with Crippen molar-refractivity contribution in [3.8, 4) is 0 Å². The van der Waals surface area contributed by atoms with E-state index in [1.165, 1.54) is 15.7 Å². The lowest BCUT2D eigenvalue weighted by atomic mass is 10.1. The molecule has 0 atom stereocenters. The smallest absolute Gasteiger partial charge is 0.0255 e. The molecule has 2 aromatic carbocycles. The van der Waals surface area contributed by atoms with Crippen LogP contribution in [0.4, 0.5) is 0 Å². The minimum Gasteiger partial charge on any atom is -0.142 e. The monoisotopic (exact) mass is 206 g/mol. The molecule has 0 aromatic heterocycles. The van der Waals surface area contributed by atoms with E-state index in [1.807, 2.05) is 12.1 Å². The van der Waals surface area contributed by atoms with Crippen LogP contribution >= 0.6 is 24.4 Å². The lowest BCUT2D eigenvalue weighted by Gasteiger charge is -2.05. The van der Waals surface area contributed by atoms with Crippen LogP contribution in [0.1, 0.15) is 0 Å². The third-order valence-electron chi connectivity index (χ3n) is 2.08. The van der Waals surface area contributed by atoms with E-state index in [1.54, 1.807) is 11.8 Å². The van der Waals surface area contributed by atoms with E-state index in [-0.39, 0.29) is 0 Å². The van der Waals surface area contributed by atoms with Gasteiger partial charge in [-0.25, -0.2) is 0 Å². The van der Waals surface area contributed by atoms with Crippen LogP contribution in [-0.2, 0) is 0 Å². The van der Waals surface area contributed by atoms with E-state index >= 15 is 0 Å². The van der Waals surface area contributed by atoms with Gasteiger partial charge in [0.25, 0.3) is 0 Å². The number of fused-ring (bicyclic) bond motifs is 1. The van der Waals surface area contributed by atoms with E-state index < -0.39 is 0 Å². The molecule has 2 aromatic rings. The van der Waals surface area contributed by atoms with E-state index in [2.05, 4.69) is 43.2 Å². The van der Waals surface area contributed by atoms with Crippen LogP contribution in [0, 0.1) is 0 Å². The predicted molar refractivity (Wildman–Crippen MR) is 63.0 cm³/mol. The van der Waals surface area contributed by atoms with Crippen LogP contribution in [0.15, 0.2) is 46.2 Å². The molecule has 0 aliphatic carbocycles. The lowest BCUT2D eigenvalue weighted by molar-refractivity contribution is 1.32. The fourth-order valence-electron chi connectivity index (χ4n) is 1.40. The number of hydrogen-bond donors (Lipinski definition) is 1. The van der Waals surface area contributed by atoms with Gasteiger partial charge in [-0.3, -0.25) is 0 Å². The van der Waals surface area contributed by atoms with Gasteiger partial charge in [0.1, 0.15) is 0 Å². The Morgan fingerprint density at radius 1 is 1.08 bits per heavy atom. The molecule has 0 heterocycles. The molecule has 66 valence electrons. The highest BCUT2D eigenvalue weighted by Crippen LogP contribution is 2.30. The summed E-state index contributed by atoms with van der Waals surface area (Å²) >= 11 is 6.26. The number of thiol groups is 1. The molecule has 0 spiro atoms. The van der Waals surface area contributed by atoms with Gasteiger partial charge in [0.05, 0.1) is 0 Å². The Hall–Kier alpha value is -0.600. The molecule has 0 aliphatic heterocycles. The Bertz CT molecular complexity index is 435. The van der Waals surface area contributed by atoms with Gasteiger partial charge in [0.15, 0.2) is 0 Å². The molecule has 0 saturated carbocycles. The first-order valence-corrected chi connectivity index (χ1v) is 5.75. The first-order chi connectivity index (χ1) is 6.33. The molecule has 0 N–H and O–H groups in total. The summed E-state index contributed by atoms with van der Waals surface area (Å²) in [6.45, 7) is 0. The number of benzene rings is 2. The van der Waals surface area contributed by atoms with Crippen molar-refractivity contribution in [1.29, 1.82) is 0 Å². The Labute approximate surface area is 87.8 Å². The summed E-state index contributed by atoms with van der Waals surface area (Å²) < 4.78 is 0. The topological polar surface area (TPSA) is 0 Å². The second kappa shape index (κ2) is 3.64.